The van der Waals surface area contributed by atoms with Crippen molar-refractivity contribution >= 4 is 27.5 Å². The van der Waals surface area contributed by atoms with Crippen LogP contribution in [0.2, 0.25) is 0 Å². The maximum absolute atomic E-state index is 12.2. The quantitative estimate of drug-likeness (QED) is 0.613. The molecule has 3 aromatic heterocycles. The molecule has 25 heavy (non-hydrogen) atoms. The van der Waals surface area contributed by atoms with Crippen LogP contribution in [0.4, 0.5) is 0 Å². The number of rotatable bonds is 4. The minimum absolute atomic E-state index is 0.204. The number of nitrogens with zero attached hydrogens (tertiary/aromatic N) is 3. The first-order valence-corrected chi connectivity index (χ1v) is 8.42. The van der Waals surface area contributed by atoms with Crippen LogP contribution in [0.15, 0.2) is 65.4 Å². The van der Waals surface area contributed by atoms with Crippen molar-refractivity contribution in [2.75, 3.05) is 0 Å². The summed E-state index contributed by atoms with van der Waals surface area (Å²) in [5.74, 6) is -1.20. The number of imidazole rings is 1. The van der Waals surface area contributed by atoms with Gasteiger partial charge in [0.15, 0.2) is 0 Å². The van der Waals surface area contributed by atoms with E-state index >= 15 is 0 Å². The van der Waals surface area contributed by atoms with Gasteiger partial charge in [0.05, 0.1) is 16.5 Å². The van der Waals surface area contributed by atoms with E-state index in [1.807, 2.05) is 45.7 Å². The van der Waals surface area contributed by atoms with E-state index < -0.39 is 11.4 Å². The molecule has 6 nitrogen and oxygen atoms in total. The zero-order chi connectivity index (χ0) is 17.4. The second-order valence-corrected chi connectivity index (χ2v) is 6.49. The molecule has 1 N–H and O–H groups in total. The van der Waals surface area contributed by atoms with E-state index in [9.17, 15) is 14.7 Å². The molecule has 0 bridgehead atoms. The van der Waals surface area contributed by atoms with Crippen LogP contribution < -0.4 is 5.43 Å². The molecule has 0 radical (unpaired) electrons. The van der Waals surface area contributed by atoms with Gasteiger partial charge in [0.2, 0.25) is 5.43 Å². The molecule has 0 unspecified atom stereocenters. The van der Waals surface area contributed by atoms with Crippen LogP contribution in [0.25, 0.3) is 15.9 Å². The van der Waals surface area contributed by atoms with Crippen molar-refractivity contribution in [2.45, 2.75) is 6.54 Å². The first kappa shape index (κ1) is 15.3. The molecule has 7 heteroatoms. The number of carboxylic acid groups (broad SMARTS) is 1. The zero-order valence-corrected chi connectivity index (χ0v) is 13.8. The Morgan fingerprint density at radius 1 is 1.20 bits per heavy atom. The number of thiophene rings is 1. The molecule has 0 saturated heterocycles. The number of carboxylic acids is 1. The summed E-state index contributed by atoms with van der Waals surface area (Å²) >= 11 is 1.26. The van der Waals surface area contributed by atoms with Gasteiger partial charge in [-0.15, -0.1) is 11.3 Å². The third-order valence-electron chi connectivity index (χ3n) is 4.01. The first-order chi connectivity index (χ1) is 12.1. The number of hydrogen-bond acceptors (Lipinski definition) is 4. The summed E-state index contributed by atoms with van der Waals surface area (Å²) in [7, 11) is 0. The Morgan fingerprint density at radius 2 is 2.00 bits per heavy atom. The third-order valence-corrected chi connectivity index (χ3v) is 4.91. The van der Waals surface area contributed by atoms with Crippen LogP contribution in [0.3, 0.4) is 0 Å². The highest BCUT2D eigenvalue weighted by atomic mass is 32.1. The largest absolute Gasteiger partial charge is 0.477 e. The molecule has 124 valence electrons. The standard InChI is InChI=1S/C18H13N3O3S/c22-16-14(18(23)24)10-21(15-5-8-25-17(15)16)9-12-1-3-13(4-2-12)20-7-6-19-11-20/h1-8,10-11H,9H2,(H,23,24). The van der Waals surface area contributed by atoms with Crippen molar-refractivity contribution < 1.29 is 9.90 Å². The molecule has 0 spiro atoms. The predicted octanol–water partition coefficient (Wildman–Crippen LogP) is 3.00. The van der Waals surface area contributed by atoms with Crippen molar-refractivity contribution in [3.8, 4) is 5.69 Å². The number of aromatic carboxylic acids is 1. The molecule has 0 amide bonds. The zero-order valence-electron chi connectivity index (χ0n) is 13.0. The molecule has 0 fully saturated rings. The molecular formula is C18H13N3O3S. The molecule has 0 aliphatic heterocycles. The lowest BCUT2D eigenvalue weighted by atomic mass is 10.2. The van der Waals surface area contributed by atoms with E-state index in [1.165, 1.54) is 17.5 Å². The maximum atomic E-state index is 12.2. The number of benzene rings is 1. The lowest BCUT2D eigenvalue weighted by molar-refractivity contribution is 0.0695. The first-order valence-electron chi connectivity index (χ1n) is 7.55. The average Bonchev–Trinajstić information content (AvgIpc) is 3.29. The maximum Gasteiger partial charge on any atom is 0.341 e. The Kier molecular flexibility index (Phi) is 3.70. The van der Waals surface area contributed by atoms with Crippen molar-refractivity contribution in [1.29, 1.82) is 0 Å². The summed E-state index contributed by atoms with van der Waals surface area (Å²) in [5.41, 5.74) is 2.12. The SMILES string of the molecule is O=C(O)c1cn(Cc2ccc(-n3ccnc3)cc2)c2ccsc2c1=O. The molecule has 0 saturated carbocycles. The van der Waals surface area contributed by atoms with E-state index in [2.05, 4.69) is 4.98 Å². The minimum Gasteiger partial charge on any atom is -0.477 e. The van der Waals surface area contributed by atoms with Crippen molar-refractivity contribution in [2.24, 2.45) is 0 Å². The van der Waals surface area contributed by atoms with Crippen molar-refractivity contribution in [3.05, 3.63) is 82.0 Å². The summed E-state index contributed by atoms with van der Waals surface area (Å²) in [6.07, 6.45) is 6.73. The highest BCUT2D eigenvalue weighted by Gasteiger charge is 2.15. The van der Waals surface area contributed by atoms with Crippen LogP contribution in [-0.2, 0) is 6.54 Å². The number of aromatic nitrogens is 3. The van der Waals surface area contributed by atoms with E-state index in [1.54, 1.807) is 17.9 Å². The van der Waals surface area contributed by atoms with Crippen LogP contribution in [0.1, 0.15) is 15.9 Å². The fraction of sp³-hybridized carbons (Fsp3) is 0.0556. The summed E-state index contributed by atoms with van der Waals surface area (Å²) in [6.45, 7) is 0.484. The summed E-state index contributed by atoms with van der Waals surface area (Å²) in [6, 6.07) is 9.75. The minimum atomic E-state index is -1.20. The van der Waals surface area contributed by atoms with Gasteiger partial charge >= 0.3 is 5.97 Å². The Labute approximate surface area is 146 Å². The molecule has 0 aliphatic rings. The van der Waals surface area contributed by atoms with E-state index in [4.69, 9.17) is 0 Å². The summed E-state index contributed by atoms with van der Waals surface area (Å²) in [4.78, 5) is 27.6. The third kappa shape index (κ3) is 2.74. The van der Waals surface area contributed by atoms with E-state index in [0.29, 0.717) is 11.2 Å². The molecule has 3 heterocycles. The van der Waals surface area contributed by atoms with Crippen molar-refractivity contribution in [1.82, 2.24) is 14.1 Å². The van der Waals surface area contributed by atoms with E-state index in [-0.39, 0.29) is 5.56 Å². The van der Waals surface area contributed by atoms with Gasteiger partial charge in [0, 0.05) is 30.8 Å². The number of pyridine rings is 1. The number of hydrogen-bond donors (Lipinski definition) is 1. The predicted molar refractivity (Wildman–Crippen MR) is 95.7 cm³/mol. The van der Waals surface area contributed by atoms with Gasteiger partial charge in [-0.3, -0.25) is 4.79 Å². The Morgan fingerprint density at radius 3 is 2.68 bits per heavy atom. The second kappa shape index (κ2) is 6.03. The van der Waals surface area contributed by atoms with Crippen LogP contribution in [-0.4, -0.2) is 25.2 Å². The summed E-state index contributed by atoms with van der Waals surface area (Å²) in [5, 5.41) is 11.1. The molecule has 4 aromatic rings. The van der Waals surface area contributed by atoms with Gasteiger partial charge in [0.25, 0.3) is 0 Å². The summed E-state index contributed by atoms with van der Waals surface area (Å²) < 4.78 is 4.18. The Hall–Kier alpha value is -3.19. The highest BCUT2D eigenvalue weighted by Crippen LogP contribution is 2.20. The fourth-order valence-electron chi connectivity index (χ4n) is 2.77. The van der Waals surface area contributed by atoms with Gasteiger partial charge in [-0.1, -0.05) is 12.1 Å². The molecular weight excluding hydrogens is 338 g/mol. The van der Waals surface area contributed by atoms with Crippen molar-refractivity contribution in [3.63, 3.8) is 0 Å². The molecule has 1 aromatic carbocycles. The van der Waals surface area contributed by atoms with Gasteiger partial charge in [-0.2, -0.15) is 0 Å². The lowest BCUT2D eigenvalue weighted by Crippen LogP contribution is -2.18. The van der Waals surface area contributed by atoms with Crippen LogP contribution in [0, 0.1) is 0 Å². The monoisotopic (exact) mass is 351 g/mol. The number of fused-ring (bicyclic) bond motifs is 1. The Bertz CT molecular complexity index is 1110. The molecule has 0 atom stereocenters. The van der Waals surface area contributed by atoms with E-state index in [0.717, 1.165) is 16.8 Å². The van der Waals surface area contributed by atoms with Gasteiger partial charge in [-0.05, 0) is 29.1 Å². The topological polar surface area (TPSA) is 77.1 Å². The normalized spacial score (nSPS) is 11.0. The lowest BCUT2D eigenvalue weighted by Gasteiger charge is -2.11. The smallest absolute Gasteiger partial charge is 0.341 e. The highest BCUT2D eigenvalue weighted by molar-refractivity contribution is 7.17. The molecule has 4 rings (SSSR count). The average molecular weight is 351 g/mol. The van der Waals surface area contributed by atoms with Gasteiger partial charge in [-0.25, -0.2) is 9.78 Å². The number of carbonyl (C=O) groups is 1. The second-order valence-electron chi connectivity index (χ2n) is 5.58. The molecule has 0 aliphatic carbocycles. The van der Waals surface area contributed by atoms with Gasteiger partial charge < -0.3 is 14.2 Å². The van der Waals surface area contributed by atoms with Crippen LogP contribution >= 0.6 is 11.3 Å². The Balaban J connectivity index is 1.73. The fourth-order valence-corrected chi connectivity index (χ4v) is 3.63. The van der Waals surface area contributed by atoms with Crippen LogP contribution in [0.5, 0.6) is 0 Å². The van der Waals surface area contributed by atoms with Gasteiger partial charge in [0.1, 0.15) is 5.56 Å².